The van der Waals surface area contributed by atoms with E-state index in [-0.39, 0.29) is 11.8 Å². The van der Waals surface area contributed by atoms with Gasteiger partial charge in [0.1, 0.15) is 0 Å². The molecular weight excluding hydrogens is 388 g/mol. The quantitative estimate of drug-likeness (QED) is 0.595. The summed E-state index contributed by atoms with van der Waals surface area (Å²) in [5.41, 5.74) is 8.75. The van der Waals surface area contributed by atoms with Gasteiger partial charge in [0.15, 0.2) is 0 Å². The number of benzene rings is 2. The number of primary amides is 1. The summed E-state index contributed by atoms with van der Waals surface area (Å²) < 4.78 is 1.87. The minimum atomic E-state index is -0.245. The van der Waals surface area contributed by atoms with Gasteiger partial charge >= 0.3 is 0 Å². The number of aryl methyl sites for hydroxylation is 1. The maximum Gasteiger partial charge on any atom is 0.253 e. The minimum absolute atomic E-state index is 0.0968. The average molecular weight is 423 g/mol. The van der Waals surface area contributed by atoms with E-state index in [4.69, 9.17) is 0 Å². The topological polar surface area (TPSA) is 81.2 Å². The number of fused-ring (bicyclic) bond motifs is 1. The maximum atomic E-state index is 12.8. The van der Waals surface area contributed by atoms with E-state index < -0.39 is 0 Å². The third-order valence-electron chi connectivity index (χ3n) is 5.52. The van der Waals surface area contributed by atoms with Gasteiger partial charge in [-0.15, -0.1) is 0 Å². The molecule has 0 saturated heterocycles. The van der Waals surface area contributed by atoms with E-state index >= 15 is 0 Å². The molecule has 166 valence electrons. The Hall–Kier alpha value is -3.15. The zero-order valence-electron chi connectivity index (χ0n) is 19.3. The lowest BCUT2D eigenvalue weighted by atomic mass is 10.0. The highest BCUT2D eigenvalue weighted by Gasteiger charge is 2.19. The van der Waals surface area contributed by atoms with Gasteiger partial charge in [-0.2, -0.15) is 5.10 Å². The highest BCUT2D eigenvalue weighted by molar-refractivity contribution is 5.95. The molecule has 0 aliphatic rings. The second-order valence-corrected chi connectivity index (χ2v) is 7.71. The first kappa shape index (κ1) is 24.1. The zero-order chi connectivity index (χ0) is 23.0. The summed E-state index contributed by atoms with van der Waals surface area (Å²) >= 11 is 0. The number of carbonyl (C=O) groups is 2. The molecule has 0 bridgehead atoms. The van der Waals surface area contributed by atoms with Crippen molar-refractivity contribution < 1.29 is 9.59 Å². The monoisotopic (exact) mass is 422 g/mol. The zero-order valence-corrected chi connectivity index (χ0v) is 19.3. The SMILES string of the molecule is CCC(N)=O.CCCC(CC)N(C)C(=O)c1ccc(-c2ccc3c(cnn3C)c2)cc1. The van der Waals surface area contributed by atoms with Crippen molar-refractivity contribution >= 4 is 22.7 Å². The number of hydrogen-bond acceptors (Lipinski definition) is 3. The third-order valence-corrected chi connectivity index (χ3v) is 5.52. The van der Waals surface area contributed by atoms with Crippen LogP contribution >= 0.6 is 0 Å². The van der Waals surface area contributed by atoms with Crippen LogP contribution in [0, 0.1) is 0 Å². The highest BCUT2D eigenvalue weighted by Crippen LogP contribution is 2.25. The van der Waals surface area contributed by atoms with Crippen LogP contribution in [0.4, 0.5) is 0 Å². The maximum absolute atomic E-state index is 12.8. The molecule has 1 heterocycles. The third kappa shape index (κ3) is 6.17. The molecule has 2 aromatic carbocycles. The van der Waals surface area contributed by atoms with E-state index in [1.54, 1.807) is 6.92 Å². The van der Waals surface area contributed by atoms with E-state index in [2.05, 4.69) is 42.9 Å². The van der Waals surface area contributed by atoms with Crippen LogP contribution in [0.15, 0.2) is 48.7 Å². The fourth-order valence-electron chi connectivity index (χ4n) is 3.52. The summed E-state index contributed by atoms with van der Waals surface area (Å²) in [6.45, 7) is 6.03. The highest BCUT2D eigenvalue weighted by atomic mass is 16.2. The van der Waals surface area contributed by atoms with Crippen molar-refractivity contribution in [1.82, 2.24) is 14.7 Å². The normalized spacial score (nSPS) is 11.5. The molecule has 0 fully saturated rings. The van der Waals surface area contributed by atoms with Crippen molar-refractivity contribution in [2.45, 2.75) is 52.5 Å². The fourth-order valence-corrected chi connectivity index (χ4v) is 3.52. The number of rotatable bonds is 7. The first-order chi connectivity index (χ1) is 14.8. The lowest BCUT2D eigenvalue weighted by molar-refractivity contribution is -0.117. The van der Waals surface area contributed by atoms with E-state index in [1.165, 1.54) is 0 Å². The van der Waals surface area contributed by atoms with Crippen LogP contribution in [0.1, 0.15) is 56.8 Å². The molecule has 2 N–H and O–H groups in total. The van der Waals surface area contributed by atoms with Crippen molar-refractivity contribution in [3.63, 3.8) is 0 Å². The van der Waals surface area contributed by atoms with Crippen LogP contribution in [0.2, 0.25) is 0 Å². The minimum Gasteiger partial charge on any atom is -0.370 e. The molecule has 0 aliphatic heterocycles. The number of amides is 2. The second-order valence-electron chi connectivity index (χ2n) is 7.71. The van der Waals surface area contributed by atoms with Crippen molar-refractivity contribution in [2.75, 3.05) is 7.05 Å². The molecule has 0 spiro atoms. The predicted molar refractivity (Wildman–Crippen MR) is 127 cm³/mol. The Morgan fingerprint density at radius 1 is 1.06 bits per heavy atom. The molecule has 0 aliphatic carbocycles. The predicted octanol–water partition coefficient (Wildman–Crippen LogP) is 4.77. The Kier molecular flexibility index (Phi) is 8.79. The van der Waals surface area contributed by atoms with Crippen LogP contribution in [0.3, 0.4) is 0 Å². The van der Waals surface area contributed by atoms with Gasteiger partial charge in [-0.1, -0.05) is 45.4 Å². The fraction of sp³-hybridized carbons (Fsp3) is 0.400. The number of nitrogens with zero attached hydrogens (tertiary/aromatic N) is 3. The molecule has 3 aromatic rings. The Labute approximate surface area is 185 Å². The molecule has 2 amide bonds. The van der Waals surface area contributed by atoms with E-state index in [9.17, 15) is 9.59 Å². The molecule has 1 aromatic heterocycles. The molecule has 1 unspecified atom stereocenters. The Morgan fingerprint density at radius 2 is 1.68 bits per heavy atom. The van der Waals surface area contributed by atoms with Crippen molar-refractivity contribution in [1.29, 1.82) is 0 Å². The standard InChI is InChI=1S/C22H27N3O.C3H7NO/c1-5-7-20(6-2)24(3)22(26)17-10-8-16(9-11-17)18-12-13-21-19(14-18)15-23-25(21)4;1-2-3(4)5/h8-15,20H,5-7H2,1-4H3;2H2,1H3,(H2,4,5). The molecule has 31 heavy (non-hydrogen) atoms. The van der Waals surface area contributed by atoms with Gasteiger partial charge in [0.2, 0.25) is 5.91 Å². The van der Waals surface area contributed by atoms with Gasteiger partial charge in [0.05, 0.1) is 11.7 Å². The molecule has 6 nitrogen and oxygen atoms in total. The summed E-state index contributed by atoms with van der Waals surface area (Å²) in [7, 11) is 3.86. The van der Waals surface area contributed by atoms with Gasteiger partial charge in [0, 0.05) is 37.5 Å². The molecule has 0 radical (unpaired) electrons. The Balaban J connectivity index is 0.000000614. The first-order valence-electron chi connectivity index (χ1n) is 10.9. The summed E-state index contributed by atoms with van der Waals surface area (Å²) in [5.74, 6) is -0.149. The molecular formula is C25H34N4O2. The second kappa shape index (κ2) is 11.3. The van der Waals surface area contributed by atoms with Gasteiger partial charge in [-0.3, -0.25) is 14.3 Å². The van der Waals surface area contributed by atoms with Crippen LogP contribution in [-0.2, 0) is 11.8 Å². The molecule has 1 atom stereocenters. The lowest BCUT2D eigenvalue weighted by Crippen LogP contribution is -2.36. The number of hydrogen-bond donors (Lipinski definition) is 1. The number of aromatic nitrogens is 2. The summed E-state index contributed by atoms with van der Waals surface area (Å²) in [4.78, 5) is 24.2. The smallest absolute Gasteiger partial charge is 0.253 e. The van der Waals surface area contributed by atoms with Crippen LogP contribution in [0.25, 0.3) is 22.0 Å². The van der Waals surface area contributed by atoms with Crippen LogP contribution in [-0.4, -0.2) is 39.6 Å². The lowest BCUT2D eigenvalue weighted by Gasteiger charge is -2.27. The summed E-state index contributed by atoms with van der Waals surface area (Å²) in [5, 5.41) is 5.41. The number of nitrogens with two attached hydrogens (primary N) is 1. The van der Waals surface area contributed by atoms with Crippen LogP contribution < -0.4 is 5.73 Å². The van der Waals surface area contributed by atoms with Gasteiger partial charge < -0.3 is 10.6 Å². The van der Waals surface area contributed by atoms with E-state index in [0.29, 0.717) is 12.5 Å². The van der Waals surface area contributed by atoms with Gasteiger partial charge in [0.25, 0.3) is 5.91 Å². The first-order valence-corrected chi connectivity index (χ1v) is 10.9. The van der Waals surface area contributed by atoms with Crippen molar-refractivity contribution in [2.24, 2.45) is 12.8 Å². The van der Waals surface area contributed by atoms with Crippen molar-refractivity contribution in [3.05, 3.63) is 54.2 Å². The van der Waals surface area contributed by atoms with Gasteiger partial charge in [-0.05, 0) is 48.2 Å². The molecule has 6 heteroatoms. The van der Waals surface area contributed by atoms with Crippen LogP contribution in [0.5, 0.6) is 0 Å². The number of carbonyl (C=O) groups excluding carboxylic acids is 2. The summed E-state index contributed by atoms with van der Waals surface area (Å²) in [6, 6.07) is 14.5. The Bertz CT molecular complexity index is 1010. The molecule has 3 rings (SSSR count). The Morgan fingerprint density at radius 3 is 2.23 bits per heavy atom. The average Bonchev–Trinajstić information content (AvgIpc) is 3.17. The largest absolute Gasteiger partial charge is 0.370 e. The van der Waals surface area contributed by atoms with E-state index in [0.717, 1.165) is 46.9 Å². The summed E-state index contributed by atoms with van der Waals surface area (Å²) in [6.07, 6.45) is 5.44. The van der Waals surface area contributed by atoms with Crippen molar-refractivity contribution in [3.8, 4) is 11.1 Å². The molecule has 0 saturated carbocycles. The van der Waals surface area contributed by atoms with Gasteiger partial charge in [-0.25, -0.2) is 0 Å². The van der Waals surface area contributed by atoms with E-state index in [1.807, 2.05) is 54.1 Å².